The molecule has 0 radical (unpaired) electrons. The third-order valence-corrected chi connectivity index (χ3v) is 4.38. The second kappa shape index (κ2) is 7.11. The molecule has 134 valence electrons. The molecule has 0 bridgehead atoms. The smallest absolute Gasteiger partial charge is 0.245 e. The van der Waals surface area contributed by atoms with Gasteiger partial charge in [0.1, 0.15) is 17.5 Å². The minimum atomic E-state index is -0.0928. The maximum atomic E-state index is 5.50. The summed E-state index contributed by atoms with van der Waals surface area (Å²) in [6.07, 6.45) is 4.16. The first-order chi connectivity index (χ1) is 12.8. The highest BCUT2D eigenvalue weighted by Gasteiger charge is 2.32. The summed E-state index contributed by atoms with van der Waals surface area (Å²) in [6.45, 7) is 0. The van der Waals surface area contributed by atoms with Gasteiger partial charge in [-0.1, -0.05) is 11.2 Å². The van der Waals surface area contributed by atoms with Crippen molar-refractivity contribution in [2.24, 2.45) is 0 Å². The van der Waals surface area contributed by atoms with Gasteiger partial charge in [-0.3, -0.25) is 4.98 Å². The molecule has 0 amide bonds. The summed E-state index contributed by atoms with van der Waals surface area (Å²) < 4.78 is 16.2. The van der Waals surface area contributed by atoms with Crippen LogP contribution in [0.1, 0.15) is 30.0 Å². The molecule has 0 spiro atoms. The van der Waals surface area contributed by atoms with Crippen LogP contribution in [0.2, 0.25) is 0 Å². The van der Waals surface area contributed by atoms with Crippen molar-refractivity contribution in [1.82, 2.24) is 26.0 Å². The van der Waals surface area contributed by atoms with Crippen LogP contribution in [0.5, 0.6) is 11.5 Å². The maximum Gasteiger partial charge on any atom is 0.245 e. The molecule has 8 nitrogen and oxygen atoms in total. The Hall–Kier alpha value is -2.97. The number of pyridine rings is 1. The number of rotatable bonds is 5. The summed E-state index contributed by atoms with van der Waals surface area (Å²) in [4.78, 5) is 8.57. The Kier molecular flexibility index (Phi) is 4.51. The third kappa shape index (κ3) is 3.12. The van der Waals surface area contributed by atoms with E-state index < -0.39 is 0 Å². The van der Waals surface area contributed by atoms with Crippen molar-refractivity contribution in [1.29, 1.82) is 0 Å². The van der Waals surface area contributed by atoms with Crippen LogP contribution in [0.15, 0.2) is 47.2 Å². The van der Waals surface area contributed by atoms with Gasteiger partial charge in [-0.05, 0) is 24.6 Å². The average Bonchev–Trinajstić information content (AvgIpc) is 3.37. The number of benzene rings is 1. The predicted octanol–water partition coefficient (Wildman–Crippen LogP) is 2.43. The fourth-order valence-electron chi connectivity index (χ4n) is 3.02. The Balaban J connectivity index is 1.52. The molecule has 1 aromatic carbocycles. The first-order valence-electron chi connectivity index (χ1n) is 8.25. The minimum absolute atomic E-state index is 0.0506. The van der Waals surface area contributed by atoms with E-state index in [-0.39, 0.29) is 12.1 Å². The second-order valence-corrected chi connectivity index (χ2v) is 5.94. The highest BCUT2D eigenvalue weighted by atomic mass is 16.5. The summed E-state index contributed by atoms with van der Waals surface area (Å²) in [5, 5.41) is 4.05. The largest absolute Gasteiger partial charge is 0.497 e. The molecule has 4 rings (SSSR count). The van der Waals surface area contributed by atoms with Gasteiger partial charge < -0.3 is 14.0 Å². The summed E-state index contributed by atoms with van der Waals surface area (Å²) in [5.74, 6) is 2.59. The third-order valence-electron chi connectivity index (χ3n) is 4.38. The number of methoxy groups -OCH3 is 2. The maximum absolute atomic E-state index is 5.50. The predicted molar refractivity (Wildman–Crippen MR) is 93.4 cm³/mol. The Bertz CT molecular complexity index is 884. The molecule has 1 aliphatic rings. The van der Waals surface area contributed by atoms with Crippen LogP contribution >= 0.6 is 0 Å². The fraction of sp³-hybridized carbons (Fsp3) is 0.278. The molecule has 2 aromatic heterocycles. The molecule has 8 heteroatoms. The Morgan fingerprint density at radius 2 is 2.00 bits per heavy atom. The van der Waals surface area contributed by atoms with Crippen molar-refractivity contribution in [3.63, 3.8) is 0 Å². The Labute approximate surface area is 150 Å². The highest BCUT2D eigenvalue weighted by molar-refractivity contribution is 5.52. The van der Waals surface area contributed by atoms with Crippen molar-refractivity contribution in [3.05, 3.63) is 54.2 Å². The Morgan fingerprint density at radius 3 is 2.77 bits per heavy atom. The van der Waals surface area contributed by atoms with Gasteiger partial charge in [0.2, 0.25) is 11.7 Å². The van der Waals surface area contributed by atoms with Crippen LogP contribution in [0, 0.1) is 0 Å². The van der Waals surface area contributed by atoms with E-state index in [1.54, 1.807) is 26.6 Å². The normalized spacial score (nSPS) is 19.5. The van der Waals surface area contributed by atoms with E-state index in [4.69, 9.17) is 14.0 Å². The van der Waals surface area contributed by atoms with Gasteiger partial charge in [0.15, 0.2) is 0 Å². The van der Waals surface area contributed by atoms with E-state index in [2.05, 4.69) is 26.0 Å². The van der Waals surface area contributed by atoms with Crippen LogP contribution in [-0.4, -0.2) is 29.3 Å². The van der Waals surface area contributed by atoms with Crippen LogP contribution in [0.3, 0.4) is 0 Å². The fourth-order valence-corrected chi connectivity index (χ4v) is 3.02. The second-order valence-electron chi connectivity index (χ2n) is 5.94. The van der Waals surface area contributed by atoms with E-state index in [1.165, 1.54) is 0 Å². The van der Waals surface area contributed by atoms with E-state index in [9.17, 15) is 0 Å². The number of hydrogen-bond acceptors (Lipinski definition) is 8. The zero-order valence-corrected chi connectivity index (χ0v) is 14.5. The lowest BCUT2D eigenvalue weighted by molar-refractivity contribution is 0.340. The molecule has 2 unspecified atom stereocenters. The van der Waals surface area contributed by atoms with Gasteiger partial charge in [-0.25, -0.2) is 10.9 Å². The van der Waals surface area contributed by atoms with Crippen LogP contribution in [0.25, 0.3) is 11.4 Å². The molecule has 0 aliphatic carbocycles. The van der Waals surface area contributed by atoms with Crippen molar-refractivity contribution in [3.8, 4) is 22.9 Å². The van der Waals surface area contributed by atoms with Crippen molar-refractivity contribution in [2.45, 2.75) is 18.5 Å². The van der Waals surface area contributed by atoms with E-state index in [0.29, 0.717) is 11.7 Å². The molecular formula is C18H19N5O3. The first-order valence-corrected chi connectivity index (χ1v) is 8.25. The molecule has 1 aliphatic heterocycles. The minimum Gasteiger partial charge on any atom is -0.497 e. The first kappa shape index (κ1) is 16.5. The summed E-state index contributed by atoms with van der Waals surface area (Å²) in [7, 11) is 3.28. The van der Waals surface area contributed by atoms with Gasteiger partial charge in [0.25, 0.3) is 0 Å². The van der Waals surface area contributed by atoms with Gasteiger partial charge in [0.05, 0.1) is 20.3 Å². The molecule has 3 aromatic rings. The molecule has 3 heterocycles. The van der Waals surface area contributed by atoms with Gasteiger partial charge in [0, 0.05) is 29.6 Å². The molecule has 26 heavy (non-hydrogen) atoms. The topological polar surface area (TPSA) is 94.3 Å². The average molecular weight is 353 g/mol. The number of hydrazine groups is 1. The van der Waals surface area contributed by atoms with Gasteiger partial charge in [-0.15, -0.1) is 0 Å². The quantitative estimate of drug-likeness (QED) is 0.722. The van der Waals surface area contributed by atoms with Crippen LogP contribution in [0.4, 0.5) is 0 Å². The number of nitrogens with one attached hydrogen (secondary N) is 2. The molecule has 2 N–H and O–H groups in total. The molecule has 1 saturated heterocycles. The summed E-state index contributed by atoms with van der Waals surface area (Å²) in [5.41, 5.74) is 8.35. The number of ether oxygens (including phenoxy) is 2. The lowest BCUT2D eigenvalue weighted by atomic mass is 10.0. The SMILES string of the molecule is COc1ccc(C2CC(c3nc(-c4cccnc4)no3)NN2)c(OC)c1. The van der Waals surface area contributed by atoms with Gasteiger partial charge >= 0.3 is 0 Å². The molecular weight excluding hydrogens is 334 g/mol. The van der Waals surface area contributed by atoms with E-state index >= 15 is 0 Å². The number of hydrogen-bond donors (Lipinski definition) is 2. The van der Waals surface area contributed by atoms with Crippen molar-refractivity contribution < 1.29 is 14.0 Å². The summed E-state index contributed by atoms with van der Waals surface area (Å²) >= 11 is 0. The zero-order chi connectivity index (χ0) is 17.9. The van der Waals surface area contributed by atoms with Crippen LogP contribution in [-0.2, 0) is 0 Å². The van der Waals surface area contributed by atoms with Crippen LogP contribution < -0.4 is 20.3 Å². The standard InChI is InChI=1S/C18H19N5O3/c1-24-12-5-6-13(16(8-12)25-2)14-9-15(22-21-14)18-20-17(23-26-18)11-4-3-7-19-10-11/h3-8,10,14-15,21-22H,9H2,1-2H3. The number of aromatic nitrogens is 3. The Morgan fingerprint density at radius 1 is 1.12 bits per heavy atom. The lowest BCUT2D eigenvalue weighted by Crippen LogP contribution is -2.27. The molecule has 1 fully saturated rings. The molecule has 0 saturated carbocycles. The van der Waals surface area contributed by atoms with E-state index in [0.717, 1.165) is 29.0 Å². The number of nitrogens with zero attached hydrogens (tertiary/aromatic N) is 3. The lowest BCUT2D eigenvalue weighted by Gasteiger charge is -2.15. The monoisotopic (exact) mass is 353 g/mol. The van der Waals surface area contributed by atoms with Gasteiger partial charge in [-0.2, -0.15) is 4.98 Å². The zero-order valence-electron chi connectivity index (χ0n) is 14.5. The molecule has 2 atom stereocenters. The highest BCUT2D eigenvalue weighted by Crippen LogP contribution is 2.36. The summed E-state index contributed by atoms with van der Waals surface area (Å²) in [6, 6.07) is 9.48. The van der Waals surface area contributed by atoms with Crippen molar-refractivity contribution >= 4 is 0 Å². The van der Waals surface area contributed by atoms with Crippen molar-refractivity contribution in [2.75, 3.05) is 14.2 Å². The van der Waals surface area contributed by atoms with E-state index in [1.807, 2.05) is 30.3 Å².